The number of aromatic nitrogens is 1. The van der Waals surface area contributed by atoms with Crippen LogP contribution >= 0.6 is 0 Å². The normalized spacial score (nSPS) is 15.0. The number of carbonyl (C=O) groups excluding carboxylic acids is 1. The van der Waals surface area contributed by atoms with E-state index in [1.165, 1.54) is 37.7 Å². The van der Waals surface area contributed by atoms with Gasteiger partial charge in [-0.15, -0.1) is 0 Å². The maximum atomic E-state index is 12.9. The van der Waals surface area contributed by atoms with Gasteiger partial charge in [-0.05, 0) is 36.5 Å². The van der Waals surface area contributed by atoms with Crippen molar-refractivity contribution in [3.63, 3.8) is 0 Å². The number of amides is 1. The molecule has 0 aliphatic heterocycles. The molecule has 1 aliphatic rings. The van der Waals surface area contributed by atoms with Crippen LogP contribution < -0.4 is 0 Å². The molecule has 1 amide bonds. The summed E-state index contributed by atoms with van der Waals surface area (Å²) in [6.07, 6.45) is 9.66. The van der Waals surface area contributed by atoms with Gasteiger partial charge in [-0.25, -0.2) is 0 Å². The van der Waals surface area contributed by atoms with E-state index in [4.69, 9.17) is 0 Å². The summed E-state index contributed by atoms with van der Waals surface area (Å²) >= 11 is 0. The number of hydrogen-bond donors (Lipinski definition) is 0. The van der Waals surface area contributed by atoms with E-state index < -0.39 is 0 Å². The molecule has 132 valence electrons. The van der Waals surface area contributed by atoms with E-state index in [9.17, 15) is 4.79 Å². The Morgan fingerprint density at radius 2 is 1.76 bits per heavy atom. The highest BCUT2D eigenvalue weighted by Crippen LogP contribution is 2.27. The summed E-state index contributed by atoms with van der Waals surface area (Å²) in [7, 11) is 0. The summed E-state index contributed by atoms with van der Waals surface area (Å²) in [6.45, 7) is 1.43. The monoisotopic (exact) mass is 336 g/mol. The van der Waals surface area contributed by atoms with Crippen LogP contribution in [0.2, 0.25) is 0 Å². The lowest BCUT2D eigenvalue weighted by atomic mass is 9.86. The summed E-state index contributed by atoms with van der Waals surface area (Å²) in [5, 5.41) is 0. The molecular weight excluding hydrogens is 308 g/mol. The average Bonchev–Trinajstić information content (AvgIpc) is 2.67. The maximum Gasteiger partial charge on any atom is 0.223 e. The first-order valence-corrected chi connectivity index (χ1v) is 9.53. The Morgan fingerprint density at radius 3 is 2.48 bits per heavy atom. The van der Waals surface area contributed by atoms with E-state index >= 15 is 0 Å². The molecule has 3 rings (SSSR count). The Labute approximate surface area is 151 Å². The average molecular weight is 336 g/mol. The van der Waals surface area contributed by atoms with Gasteiger partial charge in [-0.2, -0.15) is 0 Å². The minimum atomic E-state index is 0.298. The molecule has 1 fully saturated rings. The largest absolute Gasteiger partial charge is 0.338 e. The van der Waals surface area contributed by atoms with Gasteiger partial charge in [0.25, 0.3) is 0 Å². The second kappa shape index (κ2) is 9.36. The molecule has 0 N–H and O–H groups in total. The van der Waals surface area contributed by atoms with Crippen LogP contribution in [0.25, 0.3) is 0 Å². The predicted octanol–water partition coefficient (Wildman–Crippen LogP) is 4.62. The molecule has 3 nitrogen and oxygen atoms in total. The molecule has 0 unspecified atom stereocenters. The van der Waals surface area contributed by atoms with Gasteiger partial charge in [0, 0.05) is 37.8 Å². The van der Waals surface area contributed by atoms with Gasteiger partial charge in [0.2, 0.25) is 5.91 Å². The lowest BCUT2D eigenvalue weighted by molar-refractivity contribution is -0.133. The van der Waals surface area contributed by atoms with Crippen molar-refractivity contribution in [3.05, 3.63) is 66.0 Å². The third-order valence-electron chi connectivity index (χ3n) is 5.12. The van der Waals surface area contributed by atoms with Crippen molar-refractivity contribution in [1.29, 1.82) is 0 Å². The molecular formula is C22H28N2O. The van der Waals surface area contributed by atoms with Crippen LogP contribution in [0, 0.1) is 5.92 Å². The fourth-order valence-electron chi connectivity index (χ4n) is 3.66. The SMILES string of the molecule is O=C(CC1CCCCC1)N(CCc1ccccn1)Cc1ccccc1. The van der Waals surface area contributed by atoms with Gasteiger partial charge in [-0.1, -0.05) is 55.7 Å². The van der Waals surface area contributed by atoms with Crippen molar-refractivity contribution >= 4 is 5.91 Å². The molecule has 2 aromatic rings. The van der Waals surface area contributed by atoms with E-state index in [0.717, 1.165) is 18.7 Å². The third kappa shape index (κ3) is 5.70. The molecule has 0 radical (unpaired) electrons. The standard InChI is InChI=1S/C22H28N2O/c25-22(17-19-9-3-1-4-10-19)24(18-20-11-5-2-6-12-20)16-14-21-13-7-8-15-23-21/h2,5-8,11-13,15,19H,1,3-4,9-10,14,16-18H2. The van der Waals surface area contributed by atoms with Crippen molar-refractivity contribution in [2.45, 2.75) is 51.5 Å². The summed E-state index contributed by atoms with van der Waals surface area (Å²) < 4.78 is 0. The van der Waals surface area contributed by atoms with Crippen LogP contribution in [-0.2, 0) is 17.8 Å². The predicted molar refractivity (Wildman–Crippen MR) is 101 cm³/mol. The quantitative estimate of drug-likeness (QED) is 0.739. The van der Waals surface area contributed by atoms with Crippen LogP contribution in [0.5, 0.6) is 0 Å². The first-order valence-electron chi connectivity index (χ1n) is 9.53. The van der Waals surface area contributed by atoms with Crippen LogP contribution in [0.1, 0.15) is 49.8 Å². The van der Waals surface area contributed by atoms with Crippen molar-refractivity contribution in [2.75, 3.05) is 6.54 Å². The van der Waals surface area contributed by atoms with E-state index in [1.54, 1.807) is 0 Å². The van der Waals surface area contributed by atoms with Crippen LogP contribution in [0.4, 0.5) is 0 Å². The minimum absolute atomic E-state index is 0.298. The number of nitrogens with zero attached hydrogens (tertiary/aromatic N) is 2. The van der Waals surface area contributed by atoms with E-state index in [1.807, 2.05) is 47.5 Å². The van der Waals surface area contributed by atoms with Gasteiger partial charge in [0.15, 0.2) is 0 Å². The molecule has 0 bridgehead atoms. The highest BCUT2D eigenvalue weighted by atomic mass is 16.2. The lowest BCUT2D eigenvalue weighted by Crippen LogP contribution is -2.34. The number of carbonyl (C=O) groups is 1. The van der Waals surface area contributed by atoms with Crippen LogP contribution in [0.15, 0.2) is 54.7 Å². The fraction of sp³-hybridized carbons (Fsp3) is 0.455. The van der Waals surface area contributed by atoms with Crippen molar-refractivity contribution < 1.29 is 4.79 Å². The fourth-order valence-corrected chi connectivity index (χ4v) is 3.66. The second-order valence-electron chi connectivity index (χ2n) is 7.08. The Bertz CT molecular complexity index is 636. The molecule has 1 aromatic carbocycles. The van der Waals surface area contributed by atoms with Crippen LogP contribution in [-0.4, -0.2) is 22.3 Å². The molecule has 3 heteroatoms. The third-order valence-corrected chi connectivity index (χ3v) is 5.12. The lowest BCUT2D eigenvalue weighted by Gasteiger charge is -2.27. The zero-order valence-electron chi connectivity index (χ0n) is 14.9. The van der Waals surface area contributed by atoms with Gasteiger partial charge < -0.3 is 4.90 Å². The smallest absolute Gasteiger partial charge is 0.223 e. The topological polar surface area (TPSA) is 33.2 Å². The van der Waals surface area contributed by atoms with E-state index in [0.29, 0.717) is 24.8 Å². The molecule has 0 saturated heterocycles. The Hall–Kier alpha value is -2.16. The summed E-state index contributed by atoms with van der Waals surface area (Å²) in [5.74, 6) is 0.876. The summed E-state index contributed by atoms with van der Waals surface area (Å²) in [5.41, 5.74) is 2.24. The maximum absolute atomic E-state index is 12.9. The van der Waals surface area contributed by atoms with Crippen molar-refractivity contribution in [3.8, 4) is 0 Å². The Kier molecular flexibility index (Phi) is 6.61. The van der Waals surface area contributed by atoms with Gasteiger partial charge in [-0.3, -0.25) is 9.78 Å². The molecule has 1 aliphatic carbocycles. The Morgan fingerprint density at radius 1 is 1.00 bits per heavy atom. The number of pyridine rings is 1. The zero-order chi connectivity index (χ0) is 17.3. The summed E-state index contributed by atoms with van der Waals surface area (Å²) in [6, 6.07) is 16.3. The van der Waals surface area contributed by atoms with E-state index in [-0.39, 0.29) is 0 Å². The van der Waals surface area contributed by atoms with Crippen molar-refractivity contribution in [2.24, 2.45) is 5.92 Å². The first-order chi connectivity index (χ1) is 12.3. The highest BCUT2D eigenvalue weighted by Gasteiger charge is 2.21. The van der Waals surface area contributed by atoms with Crippen LogP contribution in [0.3, 0.4) is 0 Å². The molecule has 1 heterocycles. The Balaban J connectivity index is 1.63. The van der Waals surface area contributed by atoms with E-state index in [2.05, 4.69) is 17.1 Å². The molecule has 0 atom stereocenters. The second-order valence-corrected chi connectivity index (χ2v) is 7.08. The van der Waals surface area contributed by atoms with Gasteiger partial charge in [0.05, 0.1) is 0 Å². The molecule has 1 saturated carbocycles. The number of hydrogen-bond acceptors (Lipinski definition) is 2. The molecule has 25 heavy (non-hydrogen) atoms. The number of benzene rings is 1. The van der Waals surface area contributed by atoms with Crippen molar-refractivity contribution in [1.82, 2.24) is 9.88 Å². The number of rotatable bonds is 7. The minimum Gasteiger partial charge on any atom is -0.338 e. The molecule has 1 aromatic heterocycles. The zero-order valence-corrected chi connectivity index (χ0v) is 14.9. The highest BCUT2D eigenvalue weighted by molar-refractivity contribution is 5.76. The summed E-state index contributed by atoms with van der Waals surface area (Å²) in [4.78, 5) is 19.4. The first kappa shape index (κ1) is 17.7. The van der Waals surface area contributed by atoms with Gasteiger partial charge in [0.1, 0.15) is 0 Å². The molecule has 0 spiro atoms. The van der Waals surface area contributed by atoms with Gasteiger partial charge >= 0.3 is 0 Å².